The highest BCUT2D eigenvalue weighted by Crippen LogP contribution is 2.21. The summed E-state index contributed by atoms with van der Waals surface area (Å²) in [5.41, 5.74) is 3.09. The molecule has 1 atom stereocenters. The van der Waals surface area contributed by atoms with Gasteiger partial charge in [-0.25, -0.2) is 4.79 Å². The molecule has 3 N–H and O–H groups in total. The fourth-order valence-corrected chi connectivity index (χ4v) is 3.45. The van der Waals surface area contributed by atoms with Crippen LogP contribution < -0.4 is 15.5 Å². The summed E-state index contributed by atoms with van der Waals surface area (Å²) in [5, 5.41) is 15.1. The number of benzene rings is 1. The Kier molecular flexibility index (Phi) is 7.52. The maximum atomic E-state index is 12.0. The molecule has 6 heteroatoms. The zero-order chi connectivity index (χ0) is 18.2. The molecule has 1 aliphatic heterocycles. The lowest BCUT2D eigenvalue weighted by Crippen LogP contribution is -2.34. The average molecular weight is 348 g/mol. The third-order valence-corrected chi connectivity index (χ3v) is 4.80. The molecule has 2 rings (SSSR count). The van der Waals surface area contributed by atoms with Gasteiger partial charge in [0.25, 0.3) is 0 Å². The van der Waals surface area contributed by atoms with Crippen molar-refractivity contribution >= 4 is 17.4 Å². The molecule has 0 bridgehead atoms. The van der Waals surface area contributed by atoms with E-state index < -0.39 is 0 Å². The molecule has 25 heavy (non-hydrogen) atoms. The van der Waals surface area contributed by atoms with Gasteiger partial charge in [-0.1, -0.05) is 0 Å². The maximum Gasteiger partial charge on any atom is 0.319 e. The molecule has 1 unspecified atom stereocenters. The molecule has 2 amide bonds. The number of aryl methyl sites for hydroxylation is 1. The third kappa shape index (κ3) is 5.90. The molecule has 1 aromatic carbocycles. The van der Waals surface area contributed by atoms with E-state index in [1.807, 2.05) is 39.2 Å². The Bertz CT molecular complexity index is 562. The largest absolute Gasteiger partial charge is 0.395 e. The molecule has 1 aliphatic rings. The average Bonchev–Trinajstić information content (AvgIpc) is 3.01. The predicted octanol–water partition coefficient (Wildman–Crippen LogP) is 2.42. The summed E-state index contributed by atoms with van der Waals surface area (Å²) in [6, 6.07) is 6.09. The Balaban J connectivity index is 1.65. The van der Waals surface area contributed by atoms with Crippen LogP contribution in [0.4, 0.5) is 16.2 Å². The Morgan fingerprint density at radius 2 is 2.16 bits per heavy atom. The number of nitrogens with zero attached hydrogens (tertiary/aromatic N) is 2. The lowest BCUT2D eigenvalue weighted by Gasteiger charge is -2.22. The minimum atomic E-state index is -0.161. The van der Waals surface area contributed by atoms with Crippen molar-refractivity contribution in [3.63, 3.8) is 0 Å². The van der Waals surface area contributed by atoms with Crippen LogP contribution in [-0.4, -0.2) is 62.4 Å². The topological polar surface area (TPSA) is 67.8 Å². The zero-order valence-electron chi connectivity index (χ0n) is 15.7. The van der Waals surface area contributed by atoms with Gasteiger partial charge < -0.3 is 20.6 Å². The van der Waals surface area contributed by atoms with Crippen molar-refractivity contribution in [3.05, 3.63) is 23.8 Å². The Morgan fingerprint density at radius 1 is 1.36 bits per heavy atom. The van der Waals surface area contributed by atoms with E-state index in [0.29, 0.717) is 12.6 Å². The van der Waals surface area contributed by atoms with Gasteiger partial charge in [-0.05, 0) is 69.5 Å². The Morgan fingerprint density at radius 3 is 2.84 bits per heavy atom. The van der Waals surface area contributed by atoms with E-state index in [-0.39, 0.29) is 12.6 Å². The normalized spacial score (nSPS) is 17.5. The summed E-state index contributed by atoms with van der Waals surface area (Å²) in [6.45, 7) is 5.04. The first-order chi connectivity index (χ1) is 12.0. The molecule has 0 radical (unpaired) electrons. The number of hydrogen-bond donors (Lipinski definition) is 3. The lowest BCUT2D eigenvalue weighted by atomic mass is 10.1. The van der Waals surface area contributed by atoms with Crippen LogP contribution in [0.2, 0.25) is 0 Å². The van der Waals surface area contributed by atoms with E-state index in [1.165, 1.54) is 6.42 Å². The number of aliphatic hydroxyl groups excluding tert-OH is 1. The van der Waals surface area contributed by atoms with Crippen molar-refractivity contribution in [2.45, 2.75) is 38.6 Å². The highest BCUT2D eigenvalue weighted by atomic mass is 16.3. The van der Waals surface area contributed by atoms with E-state index in [9.17, 15) is 9.90 Å². The first-order valence-electron chi connectivity index (χ1n) is 9.19. The molecule has 1 heterocycles. The number of rotatable bonds is 8. The number of hydrogen-bond acceptors (Lipinski definition) is 4. The zero-order valence-corrected chi connectivity index (χ0v) is 15.7. The van der Waals surface area contributed by atoms with Crippen molar-refractivity contribution in [2.75, 3.05) is 50.6 Å². The van der Waals surface area contributed by atoms with Gasteiger partial charge in [0.15, 0.2) is 0 Å². The van der Waals surface area contributed by atoms with E-state index in [0.717, 1.165) is 49.3 Å². The van der Waals surface area contributed by atoms with Gasteiger partial charge in [0.05, 0.1) is 6.61 Å². The number of unbranched alkanes of at least 4 members (excludes halogenated alkanes) is 1. The Labute approximate surface area is 151 Å². The highest BCUT2D eigenvalue weighted by Gasteiger charge is 2.22. The molecule has 0 spiro atoms. The monoisotopic (exact) mass is 348 g/mol. The number of likely N-dealkylation sites (tertiary alicyclic amines) is 1. The highest BCUT2D eigenvalue weighted by molar-refractivity contribution is 5.89. The molecule has 6 nitrogen and oxygen atoms in total. The third-order valence-electron chi connectivity index (χ3n) is 4.80. The predicted molar refractivity (Wildman–Crippen MR) is 103 cm³/mol. The second kappa shape index (κ2) is 9.63. The summed E-state index contributed by atoms with van der Waals surface area (Å²) in [5.74, 6) is 0. The second-order valence-electron chi connectivity index (χ2n) is 7.00. The lowest BCUT2D eigenvalue weighted by molar-refractivity contribution is 0.157. The van der Waals surface area contributed by atoms with Crippen molar-refractivity contribution in [1.82, 2.24) is 10.2 Å². The fourth-order valence-electron chi connectivity index (χ4n) is 3.45. The molecular weight excluding hydrogens is 316 g/mol. The van der Waals surface area contributed by atoms with Gasteiger partial charge in [-0.2, -0.15) is 0 Å². The Hall–Kier alpha value is -1.79. The van der Waals surface area contributed by atoms with Gasteiger partial charge in [0.1, 0.15) is 0 Å². The van der Waals surface area contributed by atoms with Crippen LogP contribution >= 0.6 is 0 Å². The minimum Gasteiger partial charge on any atom is -0.395 e. The van der Waals surface area contributed by atoms with Gasteiger partial charge in [0.2, 0.25) is 0 Å². The van der Waals surface area contributed by atoms with Crippen LogP contribution in [-0.2, 0) is 0 Å². The molecule has 1 saturated heterocycles. The van der Waals surface area contributed by atoms with E-state index in [2.05, 4.69) is 20.4 Å². The molecule has 0 aliphatic carbocycles. The first kappa shape index (κ1) is 19.5. The summed E-state index contributed by atoms with van der Waals surface area (Å²) in [7, 11) is 4.01. The molecule has 1 fully saturated rings. The smallest absolute Gasteiger partial charge is 0.319 e. The number of anilines is 2. The van der Waals surface area contributed by atoms with E-state index in [4.69, 9.17) is 0 Å². The van der Waals surface area contributed by atoms with Gasteiger partial charge in [-0.15, -0.1) is 0 Å². The summed E-state index contributed by atoms with van der Waals surface area (Å²) in [4.78, 5) is 16.4. The quantitative estimate of drug-likeness (QED) is 0.631. The van der Waals surface area contributed by atoms with Crippen LogP contribution in [0, 0.1) is 6.92 Å². The van der Waals surface area contributed by atoms with Crippen molar-refractivity contribution < 1.29 is 9.90 Å². The van der Waals surface area contributed by atoms with E-state index >= 15 is 0 Å². The molecular formula is C19H32N4O2. The van der Waals surface area contributed by atoms with Gasteiger partial charge in [-0.3, -0.25) is 4.90 Å². The number of amides is 2. The van der Waals surface area contributed by atoms with Crippen LogP contribution in [0.25, 0.3) is 0 Å². The number of aliphatic hydroxyl groups is 1. The first-order valence-corrected chi connectivity index (χ1v) is 9.19. The maximum absolute atomic E-state index is 12.0. The minimum absolute atomic E-state index is 0.161. The second-order valence-corrected chi connectivity index (χ2v) is 7.00. The van der Waals surface area contributed by atoms with Gasteiger partial charge >= 0.3 is 6.03 Å². The molecule has 1 aromatic rings. The number of nitrogens with one attached hydrogen (secondary N) is 2. The van der Waals surface area contributed by atoms with Crippen LogP contribution in [0.5, 0.6) is 0 Å². The van der Waals surface area contributed by atoms with Crippen LogP contribution in [0.15, 0.2) is 18.2 Å². The van der Waals surface area contributed by atoms with Crippen molar-refractivity contribution in [1.29, 1.82) is 0 Å². The number of urea groups is 1. The van der Waals surface area contributed by atoms with E-state index in [1.54, 1.807) is 0 Å². The summed E-state index contributed by atoms with van der Waals surface area (Å²) < 4.78 is 0. The van der Waals surface area contributed by atoms with Gasteiger partial charge in [0, 0.05) is 38.1 Å². The fraction of sp³-hybridized carbons (Fsp3) is 0.632. The van der Waals surface area contributed by atoms with Crippen LogP contribution in [0.1, 0.15) is 31.2 Å². The number of carbonyl (C=O) groups excluding carboxylic acids is 1. The number of carbonyl (C=O) groups is 1. The molecule has 0 saturated carbocycles. The van der Waals surface area contributed by atoms with Crippen LogP contribution in [0.3, 0.4) is 0 Å². The summed E-state index contributed by atoms with van der Waals surface area (Å²) >= 11 is 0. The molecule has 0 aromatic heterocycles. The van der Waals surface area contributed by atoms with Crippen molar-refractivity contribution in [3.8, 4) is 0 Å². The standard InChI is InChI=1S/C19H32N4O2/c1-15-13-16(8-9-18(15)22(2)3)21-19(25)20-10-4-5-11-23-12-6-7-17(23)14-24/h8-9,13,17,24H,4-7,10-12,14H2,1-3H3,(H2,20,21,25). The summed E-state index contributed by atoms with van der Waals surface area (Å²) in [6.07, 6.45) is 4.26. The van der Waals surface area contributed by atoms with Crippen molar-refractivity contribution in [2.24, 2.45) is 0 Å². The SMILES string of the molecule is Cc1cc(NC(=O)NCCCCN2CCCC2CO)ccc1N(C)C. The molecule has 140 valence electrons.